The van der Waals surface area contributed by atoms with Gasteiger partial charge in [-0.05, 0) is 31.0 Å². The Morgan fingerprint density at radius 2 is 1.86 bits per heavy atom. The van der Waals surface area contributed by atoms with E-state index in [1.165, 1.54) is 0 Å². The van der Waals surface area contributed by atoms with Gasteiger partial charge in [0.1, 0.15) is 17.0 Å². The van der Waals surface area contributed by atoms with Gasteiger partial charge in [-0.15, -0.1) is 0 Å². The highest BCUT2D eigenvalue weighted by atomic mass is 16.5. The number of fused-ring (bicyclic) bond motifs is 1. The van der Waals surface area contributed by atoms with Crippen LogP contribution in [-0.2, 0) is 6.54 Å². The van der Waals surface area contributed by atoms with E-state index in [9.17, 15) is 0 Å². The first-order chi connectivity index (χ1) is 14.0. The van der Waals surface area contributed by atoms with Gasteiger partial charge in [0, 0.05) is 12.6 Å². The number of nitrogens with two attached hydrogens (primary N) is 2. The van der Waals surface area contributed by atoms with E-state index in [-0.39, 0.29) is 12.0 Å². The molecule has 0 saturated carbocycles. The second kappa shape index (κ2) is 8.95. The van der Waals surface area contributed by atoms with E-state index in [1.54, 1.807) is 18.9 Å². The third-order valence-electron chi connectivity index (χ3n) is 4.73. The molecule has 0 spiro atoms. The van der Waals surface area contributed by atoms with Crippen molar-refractivity contribution in [1.29, 1.82) is 0 Å². The monoisotopic (exact) mass is 399 g/mol. The first kappa shape index (κ1) is 20.7. The van der Waals surface area contributed by atoms with Gasteiger partial charge >= 0.3 is 0 Å². The Bertz CT molecular complexity index is 959. The number of hydrogen-bond acceptors (Lipinski definition) is 8. The fraction of sp³-hybridized carbons (Fsp3) is 0.450. The lowest BCUT2D eigenvalue weighted by atomic mass is 10.0. The van der Waals surface area contributed by atoms with Gasteiger partial charge in [-0.2, -0.15) is 10.1 Å². The topological polar surface area (TPSA) is 126 Å². The Hall–Kier alpha value is -3.07. The molecule has 2 aromatic heterocycles. The van der Waals surface area contributed by atoms with E-state index in [0.29, 0.717) is 34.9 Å². The van der Waals surface area contributed by atoms with Crippen molar-refractivity contribution < 1.29 is 9.47 Å². The number of benzene rings is 1. The zero-order chi connectivity index (χ0) is 21.0. The molecule has 3 rings (SSSR count). The normalized spacial score (nSPS) is 12.2. The summed E-state index contributed by atoms with van der Waals surface area (Å²) in [4.78, 5) is 8.62. The lowest BCUT2D eigenvalue weighted by molar-refractivity contribution is 0.380. The largest absolute Gasteiger partial charge is 0.496 e. The van der Waals surface area contributed by atoms with Crippen molar-refractivity contribution in [2.75, 3.05) is 31.8 Å². The Morgan fingerprint density at radius 3 is 2.45 bits per heavy atom. The van der Waals surface area contributed by atoms with Crippen LogP contribution >= 0.6 is 0 Å². The van der Waals surface area contributed by atoms with Gasteiger partial charge in [0.25, 0.3) is 0 Å². The van der Waals surface area contributed by atoms with Crippen LogP contribution in [0.3, 0.4) is 0 Å². The molecule has 9 nitrogen and oxygen atoms in total. The Balaban J connectivity index is 1.99. The molecule has 0 fully saturated rings. The molecule has 3 aromatic rings. The molecule has 5 N–H and O–H groups in total. The number of nitrogen functional groups attached to an aromatic ring is 1. The Kier molecular flexibility index (Phi) is 6.38. The summed E-state index contributed by atoms with van der Waals surface area (Å²) in [5.41, 5.74) is 15.1. The van der Waals surface area contributed by atoms with E-state index in [2.05, 4.69) is 27.3 Å². The number of anilines is 2. The maximum absolute atomic E-state index is 6.03. The molecule has 0 aliphatic heterocycles. The third kappa shape index (κ3) is 4.51. The molecule has 1 unspecified atom stereocenters. The standard InChI is InChI=1S/C20H29N7O2/c1-5-6-7-23-19-18-15(24-20(22)25-19)11-27(26-18)10-14-16(28-3)8-13(12(2)21)9-17(14)29-4/h8-9,11-12H,5-7,10,21H2,1-4H3,(H3,22,23,24,25). The molecule has 0 aliphatic rings. The second-order valence-electron chi connectivity index (χ2n) is 6.96. The quantitative estimate of drug-likeness (QED) is 0.469. The zero-order valence-corrected chi connectivity index (χ0v) is 17.4. The fourth-order valence-corrected chi connectivity index (χ4v) is 3.15. The van der Waals surface area contributed by atoms with Crippen LogP contribution in [0.4, 0.5) is 11.8 Å². The fourth-order valence-electron chi connectivity index (χ4n) is 3.15. The predicted molar refractivity (Wildman–Crippen MR) is 114 cm³/mol. The molecule has 0 amide bonds. The number of nitrogens with zero attached hydrogens (tertiary/aromatic N) is 4. The van der Waals surface area contributed by atoms with Gasteiger partial charge in [-0.25, -0.2) is 4.98 Å². The summed E-state index contributed by atoms with van der Waals surface area (Å²) in [6, 6.07) is 3.73. The van der Waals surface area contributed by atoms with Gasteiger partial charge in [0.2, 0.25) is 5.95 Å². The van der Waals surface area contributed by atoms with Gasteiger partial charge in [-0.3, -0.25) is 4.68 Å². The average Bonchev–Trinajstić information content (AvgIpc) is 3.10. The molecule has 2 heterocycles. The maximum Gasteiger partial charge on any atom is 0.222 e. The second-order valence-corrected chi connectivity index (χ2v) is 6.96. The summed E-state index contributed by atoms with van der Waals surface area (Å²) in [6.45, 7) is 5.30. The van der Waals surface area contributed by atoms with Crippen LogP contribution < -0.4 is 26.3 Å². The van der Waals surface area contributed by atoms with Crippen molar-refractivity contribution in [3.05, 3.63) is 29.5 Å². The van der Waals surface area contributed by atoms with Crippen LogP contribution in [0.5, 0.6) is 11.5 Å². The number of nitrogens with one attached hydrogen (secondary N) is 1. The molecule has 156 valence electrons. The van der Waals surface area contributed by atoms with E-state index < -0.39 is 0 Å². The molecule has 1 aromatic carbocycles. The van der Waals surface area contributed by atoms with E-state index in [1.807, 2.05) is 25.3 Å². The van der Waals surface area contributed by atoms with Crippen molar-refractivity contribution >= 4 is 22.8 Å². The highest BCUT2D eigenvalue weighted by Crippen LogP contribution is 2.33. The van der Waals surface area contributed by atoms with Gasteiger partial charge in [0.15, 0.2) is 11.3 Å². The van der Waals surface area contributed by atoms with Crippen LogP contribution in [0, 0.1) is 0 Å². The van der Waals surface area contributed by atoms with Crippen molar-refractivity contribution in [2.45, 2.75) is 39.3 Å². The van der Waals surface area contributed by atoms with Gasteiger partial charge in [0.05, 0.1) is 32.5 Å². The first-order valence-electron chi connectivity index (χ1n) is 9.71. The minimum atomic E-state index is -0.130. The van der Waals surface area contributed by atoms with E-state index >= 15 is 0 Å². The maximum atomic E-state index is 6.03. The average molecular weight is 399 g/mol. The van der Waals surface area contributed by atoms with E-state index in [4.69, 9.17) is 20.9 Å². The molecule has 0 saturated heterocycles. The molecular weight excluding hydrogens is 370 g/mol. The third-order valence-corrected chi connectivity index (χ3v) is 4.73. The Morgan fingerprint density at radius 1 is 1.17 bits per heavy atom. The molecule has 0 bridgehead atoms. The summed E-state index contributed by atoms with van der Waals surface area (Å²) in [6.07, 6.45) is 3.96. The first-order valence-corrected chi connectivity index (χ1v) is 9.71. The summed E-state index contributed by atoms with van der Waals surface area (Å²) in [5.74, 6) is 2.25. The SMILES string of the molecule is CCCCNc1nc(N)nc2cn(Cc3c(OC)cc(C(C)N)cc3OC)nc12. The van der Waals surface area contributed by atoms with Gasteiger partial charge in [-0.1, -0.05) is 13.3 Å². The molecule has 9 heteroatoms. The summed E-state index contributed by atoms with van der Waals surface area (Å²) in [7, 11) is 3.26. The van der Waals surface area contributed by atoms with Crippen molar-refractivity contribution in [2.24, 2.45) is 5.73 Å². The number of unbranched alkanes of at least 4 members (excludes halogenated alkanes) is 1. The lowest BCUT2D eigenvalue weighted by Crippen LogP contribution is -2.09. The van der Waals surface area contributed by atoms with Crippen LogP contribution in [-0.4, -0.2) is 40.5 Å². The molecular formula is C20H29N7O2. The zero-order valence-electron chi connectivity index (χ0n) is 17.4. The number of aromatic nitrogens is 4. The highest BCUT2D eigenvalue weighted by Gasteiger charge is 2.17. The number of ether oxygens (including phenoxy) is 2. The minimum Gasteiger partial charge on any atom is -0.496 e. The van der Waals surface area contributed by atoms with Crippen LogP contribution in [0.15, 0.2) is 18.3 Å². The smallest absolute Gasteiger partial charge is 0.222 e. The number of hydrogen-bond donors (Lipinski definition) is 3. The number of rotatable bonds is 9. The van der Waals surface area contributed by atoms with E-state index in [0.717, 1.165) is 30.5 Å². The summed E-state index contributed by atoms with van der Waals surface area (Å²) in [5, 5.41) is 7.98. The Labute approximate surface area is 170 Å². The minimum absolute atomic E-state index is 0.130. The van der Waals surface area contributed by atoms with Gasteiger partial charge < -0.3 is 26.3 Å². The molecule has 1 atom stereocenters. The highest BCUT2D eigenvalue weighted by molar-refractivity contribution is 5.85. The number of methoxy groups -OCH3 is 2. The summed E-state index contributed by atoms with van der Waals surface area (Å²) >= 11 is 0. The molecule has 0 radical (unpaired) electrons. The van der Waals surface area contributed by atoms with Crippen molar-refractivity contribution in [1.82, 2.24) is 19.7 Å². The van der Waals surface area contributed by atoms with Crippen LogP contribution in [0.1, 0.15) is 43.9 Å². The van der Waals surface area contributed by atoms with Crippen LogP contribution in [0.2, 0.25) is 0 Å². The van der Waals surface area contributed by atoms with Crippen molar-refractivity contribution in [3.8, 4) is 11.5 Å². The molecule has 0 aliphatic carbocycles. The predicted octanol–water partition coefficient (Wildman–Crippen LogP) is 2.71. The molecule has 29 heavy (non-hydrogen) atoms. The lowest BCUT2D eigenvalue weighted by Gasteiger charge is -2.17. The summed E-state index contributed by atoms with van der Waals surface area (Å²) < 4.78 is 13.0. The van der Waals surface area contributed by atoms with Crippen molar-refractivity contribution in [3.63, 3.8) is 0 Å². The van der Waals surface area contributed by atoms with Crippen LogP contribution in [0.25, 0.3) is 11.0 Å².